The summed E-state index contributed by atoms with van der Waals surface area (Å²) in [6, 6.07) is 1.81. The molecular formula is C15H24N4O3. The molecule has 7 heteroatoms. The topological polar surface area (TPSA) is 67.7 Å². The highest BCUT2D eigenvalue weighted by Gasteiger charge is 2.33. The van der Waals surface area contributed by atoms with E-state index >= 15 is 0 Å². The first-order chi connectivity index (χ1) is 10.2. The van der Waals surface area contributed by atoms with E-state index in [1.807, 2.05) is 6.07 Å². The van der Waals surface area contributed by atoms with E-state index in [4.69, 9.17) is 4.74 Å². The summed E-state index contributed by atoms with van der Waals surface area (Å²) < 4.78 is 6.57. The van der Waals surface area contributed by atoms with Gasteiger partial charge in [-0.25, -0.2) is 0 Å². The molecule has 2 amide bonds. The van der Waals surface area contributed by atoms with Gasteiger partial charge in [0.2, 0.25) is 5.91 Å². The maximum absolute atomic E-state index is 12.6. The standard InChI is InChI=1S/C15H24N4O3/c1-15(2,3)12-8-11(17(4)16-12)14(21)19-9-13(20)18(10-19)6-7-22-5/h8H,6-7,9-10H2,1-5H3. The fraction of sp³-hybridized carbons (Fsp3) is 0.667. The van der Waals surface area contributed by atoms with Gasteiger partial charge in [-0.05, 0) is 6.07 Å². The second kappa shape index (κ2) is 6.08. The summed E-state index contributed by atoms with van der Waals surface area (Å²) in [6.45, 7) is 7.53. The third-order valence-electron chi connectivity index (χ3n) is 3.74. The van der Waals surface area contributed by atoms with Crippen LogP contribution < -0.4 is 0 Å². The molecule has 0 spiro atoms. The van der Waals surface area contributed by atoms with Gasteiger partial charge >= 0.3 is 0 Å². The lowest BCUT2D eigenvalue weighted by atomic mass is 9.92. The Balaban J connectivity index is 2.13. The third-order valence-corrected chi connectivity index (χ3v) is 3.74. The number of methoxy groups -OCH3 is 1. The summed E-state index contributed by atoms with van der Waals surface area (Å²) in [5.74, 6) is -0.220. The number of aromatic nitrogens is 2. The van der Waals surface area contributed by atoms with Crippen LogP contribution in [0.2, 0.25) is 0 Å². The molecule has 122 valence electrons. The Morgan fingerprint density at radius 3 is 2.64 bits per heavy atom. The molecule has 0 saturated carbocycles. The Labute approximate surface area is 130 Å². The highest BCUT2D eigenvalue weighted by Crippen LogP contribution is 2.22. The molecule has 0 aliphatic carbocycles. The molecule has 0 radical (unpaired) electrons. The van der Waals surface area contributed by atoms with Crippen LogP contribution in [0, 0.1) is 0 Å². The highest BCUT2D eigenvalue weighted by molar-refractivity contribution is 5.96. The van der Waals surface area contributed by atoms with Gasteiger partial charge in [-0.3, -0.25) is 14.3 Å². The number of hydrogen-bond acceptors (Lipinski definition) is 4. The third kappa shape index (κ3) is 3.30. The maximum atomic E-state index is 12.6. The zero-order valence-corrected chi connectivity index (χ0v) is 13.9. The molecule has 1 fully saturated rings. The van der Waals surface area contributed by atoms with Crippen LogP contribution in [-0.4, -0.2) is 64.9 Å². The quantitative estimate of drug-likeness (QED) is 0.817. The molecule has 0 bridgehead atoms. The number of carbonyl (C=O) groups excluding carboxylic acids is 2. The monoisotopic (exact) mass is 308 g/mol. The van der Waals surface area contributed by atoms with Gasteiger partial charge < -0.3 is 14.5 Å². The molecule has 0 aromatic carbocycles. The van der Waals surface area contributed by atoms with Gasteiger partial charge in [0.15, 0.2) is 0 Å². The van der Waals surface area contributed by atoms with Crippen LogP contribution in [0.1, 0.15) is 37.0 Å². The second-order valence-corrected chi connectivity index (χ2v) is 6.58. The molecule has 2 rings (SSSR count). The number of aryl methyl sites for hydroxylation is 1. The van der Waals surface area contributed by atoms with Gasteiger partial charge in [-0.15, -0.1) is 0 Å². The predicted octanol–water partition coefficient (Wildman–Crippen LogP) is 0.606. The number of amides is 2. The predicted molar refractivity (Wildman–Crippen MR) is 81.4 cm³/mol. The normalized spacial score (nSPS) is 15.8. The average molecular weight is 308 g/mol. The van der Waals surface area contributed by atoms with Crippen molar-refractivity contribution in [2.24, 2.45) is 7.05 Å². The second-order valence-electron chi connectivity index (χ2n) is 6.58. The number of hydrogen-bond donors (Lipinski definition) is 0. The van der Waals surface area contributed by atoms with Crippen molar-refractivity contribution in [1.29, 1.82) is 0 Å². The van der Waals surface area contributed by atoms with Crippen LogP contribution in [-0.2, 0) is 22.0 Å². The molecule has 0 atom stereocenters. The molecule has 1 aromatic rings. The Morgan fingerprint density at radius 2 is 2.09 bits per heavy atom. The molecule has 1 aromatic heterocycles. The van der Waals surface area contributed by atoms with Crippen LogP contribution in [0.15, 0.2) is 6.07 Å². The minimum Gasteiger partial charge on any atom is -0.383 e. The van der Waals surface area contributed by atoms with Gasteiger partial charge in [0.25, 0.3) is 5.91 Å². The zero-order chi connectivity index (χ0) is 16.5. The molecule has 2 heterocycles. The SMILES string of the molecule is COCCN1CN(C(=O)c2cc(C(C)(C)C)nn2C)CC1=O. The van der Waals surface area contributed by atoms with Crippen LogP contribution in [0.5, 0.6) is 0 Å². The summed E-state index contributed by atoms with van der Waals surface area (Å²) >= 11 is 0. The van der Waals surface area contributed by atoms with Gasteiger partial charge in [-0.1, -0.05) is 20.8 Å². The van der Waals surface area contributed by atoms with Crippen LogP contribution in [0.25, 0.3) is 0 Å². The van der Waals surface area contributed by atoms with Gasteiger partial charge in [0.05, 0.1) is 19.0 Å². The Kier molecular flexibility index (Phi) is 4.55. The molecular weight excluding hydrogens is 284 g/mol. The van der Waals surface area contributed by atoms with E-state index in [9.17, 15) is 9.59 Å². The molecule has 1 aliphatic heterocycles. The fourth-order valence-electron chi connectivity index (χ4n) is 2.33. The molecule has 22 heavy (non-hydrogen) atoms. The van der Waals surface area contributed by atoms with Crippen molar-refractivity contribution in [3.63, 3.8) is 0 Å². The lowest BCUT2D eigenvalue weighted by Gasteiger charge is -2.17. The fourth-order valence-corrected chi connectivity index (χ4v) is 2.33. The van der Waals surface area contributed by atoms with Crippen molar-refractivity contribution >= 4 is 11.8 Å². The van der Waals surface area contributed by atoms with Gasteiger partial charge in [-0.2, -0.15) is 5.10 Å². The first-order valence-corrected chi connectivity index (χ1v) is 7.34. The number of rotatable bonds is 4. The maximum Gasteiger partial charge on any atom is 0.274 e. The average Bonchev–Trinajstić information content (AvgIpc) is 2.99. The zero-order valence-electron chi connectivity index (χ0n) is 13.9. The van der Waals surface area contributed by atoms with Gasteiger partial charge in [0.1, 0.15) is 12.2 Å². The largest absolute Gasteiger partial charge is 0.383 e. The van der Waals surface area contributed by atoms with Crippen LogP contribution >= 0.6 is 0 Å². The van der Waals surface area contributed by atoms with E-state index in [-0.39, 0.29) is 23.8 Å². The van der Waals surface area contributed by atoms with Crippen LogP contribution in [0.3, 0.4) is 0 Å². The van der Waals surface area contributed by atoms with E-state index in [2.05, 4.69) is 25.9 Å². The van der Waals surface area contributed by atoms with E-state index in [1.165, 1.54) is 0 Å². The number of ether oxygens (including phenoxy) is 1. The summed E-state index contributed by atoms with van der Waals surface area (Å²) in [5.41, 5.74) is 1.24. The van der Waals surface area contributed by atoms with E-state index in [1.54, 1.807) is 28.6 Å². The molecule has 1 aliphatic rings. The Morgan fingerprint density at radius 1 is 1.41 bits per heavy atom. The van der Waals surface area contributed by atoms with E-state index in [0.717, 1.165) is 5.69 Å². The first-order valence-electron chi connectivity index (χ1n) is 7.34. The van der Waals surface area contributed by atoms with E-state index < -0.39 is 0 Å². The molecule has 1 saturated heterocycles. The van der Waals surface area contributed by atoms with Crippen LogP contribution in [0.4, 0.5) is 0 Å². The Hall–Kier alpha value is -1.89. The summed E-state index contributed by atoms with van der Waals surface area (Å²) in [6.07, 6.45) is 0. The molecule has 0 unspecified atom stereocenters. The minimum absolute atomic E-state index is 0.0522. The van der Waals surface area contributed by atoms with Crippen molar-refractivity contribution in [2.45, 2.75) is 26.2 Å². The summed E-state index contributed by atoms with van der Waals surface area (Å²) in [7, 11) is 3.34. The molecule has 0 N–H and O–H groups in total. The molecule has 7 nitrogen and oxygen atoms in total. The van der Waals surface area contributed by atoms with Crippen molar-refractivity contribution in [3.05, 3.63) is 17.5 Å². The smallest absolute Gasteiger partial charge is 0.274 e. The van der Waals surface area contributed by atoms with Crippen molar-refractivity contribution in [3.8, 4) is 0 Å². The highest BCUT2D eigenvalue weighted by atomic mass is 16.5. The lowest BCUT2D eigenvalue weighted by molar-refractivity contribution is -0.127. The number of carbonyl (C=O) groups is 2. The first kappa shape index (κ1) is 16.5. The van der Waals surface area contributed by atoms with Crippen molar-refractivity contribution in [1.82, 2.24) is 19.6 Å². The minimum atomic E-state index is -0.168. The number of nitrogens with zero attached hydrogens (tertiary/aromatic N) is 4. The van der Waals surface area contributed by atoms with Crippen molar-refractivity contribution in [2.75, 3.05) is 33.5 Å². The van der Waals surface area contributed by atoms with Gasteiger partial charge in [0, 0.05) is 26.1 Å². The summed E-state index contributed by atoms with van der Waals surface area (Å²) in [4.78, 5) is 27.7. The van der Waals surface area contributed by atoms with Crippen molar-refractivity contribution < 1.29 is 14.3 Å². The Bertz CT molecular complexity index is 574. The lowest BCUT2D eigenvalue weighted by Crippen LogP contribution is -2.33. The summed E-state index contributed by atoms with van der Waals surface area (Å²) in [5, 5.41) is 4.41. The van der Waals surface area contributed by atoms with E-state index in [0.29, 0.717) is 25.5 Å².